The van der Waals surface area contributed by atoms with Gasteiger partial charge in [-0.2, -0.15) is 4.31 Å². The second kappa shape index (κ2) is 8.20. The number of sulfonamides is 1. The first kappa shape index (κ1) is 20.8. The maximum atomic E-state index is 14.2. The van der Waals surface area contributed by atoms with E-state index in [2.05, 4.69) is 10.3 Å². The van der Waals surface area contributed by atoms with E-state index in [1.54, 1.807) is 12.1 Å². The lowest BCUT2D eigenvalue weighted by molar-refractivity contribution is 0.353. The van der Waals surface area contributed by atoms with Crippen LogP contribution in [0.2, 0.25) is 0 Å². The molecule has 0 saturated carbocycles. The summed E-state index contributed by atoms with van der Waals surface area (Å²) in [6.45, 7) is 3.66. The SMILES string of the molecule is C.C[C@H]1CNCCCN1S(=O)(=O)c1cccc2cncc(F)c12.Cl. The molecular weight excluding hydrogens is 353 g/mol. The van der Waals surface area contributed by atoms with Crippen LogP contribution in [-0.2, 0) is 10.0 Å². The molecule has 2 heterocycles. The number of nitrogens with one attached hydrogen (secondary N) is 1. The van der Waals surface area contributed by atoms with Crippen molar-refractivity contribution in [3.05, 3.63) is 36.4 Å². The molecule has 0 aliphatic carbocycles. The topological polar surface area (TPSA) is 62.3 Å². The Labute approximate surface area is 148 Å². The van der Waals surface area contributed by atoms with Crippen molar-refractivity contribution in [1.29, 1.82) is 0 Å². The molecule has 1 aromatic heterocycles. The van der Waals surface area contributed by atoms with Gasteiger partial charge < -0.3 is 5.32 Å². The molecule has 24 heavy (non-hydrogen) atoms. The standard InChI is InChI=1S/C15H18FN3O2S.CH4.ClH/c1-11-8-17-6-3-7-19(11)22(20,21)14-5-2-4-12-9-18-10-13(16)15(12)14;;/h2,4-5,9-11,17H,3,6-8H2,1H3;1H4;1H/t11-;;/m0../s1. The Hall–Kier alpha value is -1.28. The van der Waals surface area contributed by atoms with Crippen LogP contribution in [-0.4, -0.2) is 43.4 Å². The minimum Gasteiger partial charge on any atom is -0.315 e. The molecule has 1 atom stereocenters. The average molecular weight is 376 g/mol. The number of rotatable bonds is 2. The van der Waals surface area contributed by atoms with Crippen LogP contribution >= 0.6 is 12.4 Å². The van der Waals surface area contributed by atoms with Crippen molar-refractivity contribution >= 4 is 33.2 Å². The monoisotopic (exact) mass is 375 g/mol. The molecule has 2 aromatic rings. The minimum atomic E-state index is -3.76. The van der Waals surface area contributed by atoms with Crippen LogP contribution in [0.5, 0.6) is 0 Å². The Morgan fingerprint density at radius 2 is 2.08 bits per heavy atom. The maximum absolute atomic E-state index is 14.2. The van der Waals surface area contributed by atoms with Crippen LogP contribution in [0.15, 0.2) is 35.5 Å². The zero-order chi connectivity index (χ0) is 15.7. The van der Waals surface area contributed by atoms with E-state index in [1.807, 2.05) is 6.92 Å². The van der Waals surface area contributed by atoms with Crippen LogP contribution in [0.1, 0.15) is 20.8 Å². The van der Waals surface area contributed by atoms with Crippen molar-refractivity contribution in [1.82, 2.24) is 14.6 Å². The number of hydrogen-bond acceptors (Lipinski definition) is 4. The van der Waals surface area contributed by atoms with Gasteiger partial charge in [0.25, 0.3) is 0 Å². The molecule has 1 N–H and O–H groups in total. The Morgan fingerprint density at radius 3 is 2.83 bits per heavy atom. The van der Waals surface area contributed by atoms with E-state index in [1.165, 1.54) is 16.6 Å². The fourth-order valence-corrected chi connectivity index (χ4v) is 4.74. The van der Waals surface area contributed by atoms with Gasteiger partial charge in [-0.3, -0.25) is 4.98 Å². The van der Waals surface area contributed by atoms with Crippen molar-refractivity contribution in [2.24, 2.45) is 0 Å². The van der Waals surface area contributed by atoms with E-state index in [0.717, 1.165) is 19.2 Å². The van der Waals surface area contributed by atoms with Crippen molar-refractivity contribution in [2.45, 2.75) is 31.7 Å². The highest BCUT2D eigenvalue weighted by Gasteiger charge is 2.31. The molecule has 1 aliphatic rings. The lowest BCUT2D eigenvalue weighted by Crippen LogP contribution is -2.41. The summed E-state index contributed by atoms with van der Waals surface area (Å²) < 4.78 is 41.7. The first-order valence-corrected chi connectivity index (χ1v) is 8.70. The third-order valence-corrected chi connectivity index (χ3v) is 6.00. The van der Waals surface area contributed by atoms with Crippen LogP contribution in [0.3, 0.4) is 0 Å². The largest absolute Gasteiger partial charge is 0.315 e. The first-order valence-electron chi connectivity index (χ1n) is 7.26. The predicted octanol–water partition coefficient (Wildman–Crippen LogP) is 2.80. The second-order valence-electron chi connectivity index (χ2n) is 5.50. The van der Waals surface area contributed by atoms with Crippen LogP contribution in [0, 0.1) is 5.82 Å². The summed E-state index contributed by atoms with van der Waals surface area (Å²) in [5.74, 6) is -0.614. The Kier molecular flexibility index (Phi) is 7.10. The zero-order valence-corrected chi connectivity index (χ0v) is 14.3. The van der Waals surface area contributed by atoms with Gasteiger partial charge in [-0.15, -0.1) is 12.4 Å². The highest BCUT2D eigenvalue weighted by Crippen LogP contribution is 2.28. The number of aromatic nitrogens is 1. The van der Waals surface area contributed by atoms with E-state index in [-0.39, 0.29) is 36.2 Å². The van der Waals surface area contributed by atoms with E-state index >= 15 is 0 Å². The fraction of sp³-hybridized carbons (Fsp3) is 0.438. The summed E-state index contributed by atoms with van der Waals surface area (Å²) in [6.07, 6.45) is 3.26. The van der Waals surface area contributed by atoms with Crippen molar-refractivity contribution < 1.29 is 12.8 Å². The molecular formula is C16H23ClFN3O2S. The molecule has 0 radical (unpaired) electrons. The third kappa shape index (κ3) is 3.69. The maximum Gasteiger partial charge on any atom is 0.244 e. The highest BCUT2D eigenvalue weighted by molar-refractivity contribution is 7.89. The van der Waals surface area contributed by atoms with Gasteiger partial charge in [0.2, 0.25) is 10.0 Å². The quantitative estimate of drug-likeness (QED) is 0.876. The lowest BCUT2D eigenvalue weighted by atomic mass is 10.2. The summed E-state index contributed by atoms with van der Waals surface area (Å²) in [6, 6.07) is 4.58. The Bertz CT molecular complexity index is 796. The van der Waals surface area contributed by atoms with E-state index in [4.69, 9.17) is 0 Å². The van der Waals surface area contributed by atoms with Crippen LogP contribution in [0.4, 0.5) is 4.39 Å². The van der Waals surface area contributed by atoms with Crippen LogP contribution in [0.25, 0.3) is 10.8 Å². The summed E-state index contributed by atoms with van der Waals surface area (Å²) in [5, 5.41) is 3.81. The van der Waals surface area contributed by atoms with E-state index in [0.29, 0.717) is 18.5 Å². The fourth-order valence-electron chi connectivity index (χ4n) is 2.85. The van der Waals surface area contributed by atoms with Crippen molar-refractivity contribution in [3.63, 3.8) is 0 Å². The van der Waals surface area contributed by atoms with Crippen LogP contribution < -0.4 is 5.32 Å². The Balaban J connectivity index is 0.00000144. The molecule has 0 unspecified atom stereocenters. The number of benzene rings is 1. The Morgan fingerprint density at radius 1 is 1.33 bits per heavy atom. The number of hydrogen-bond donors (Lipinski definition) is 1. The van der Waals surface area contributed by atoms with Gasteiger partial charge in [0.05, 0.1) is 11.1 Å². The molecule has 0 amide bonds. The van der Waals surface area contributed by atoms with Gasteiger partial charge in [-0.1, -0.05) is 19.6 Å². The van der Waals surface area contributed by atoms with Crippen molar-refractivity contribution in [2.75, 3.05) is 19.6 Å². The number of pyridine rings is 1. The molecule has 8 heteroatoms. The normalized spacial score (nSPS) is 19.2. The van der Waals surface area contributed by atoms with Gasteiger partial charge >= 0.3 is 0 Å². The zero-order valence-electron chi connectivity index (χ0n) is 12.7. The number of halogens is 2. The summed E-state index contributed by atoms with van der Waals surface area (Å²) in [5.41, 5.74) is 0. The highest BCUT2D eigenvalue weighted by atomic mass is 35.5. The molecule has 3 rings (SSSR count). The van der Waals surface area contributed by atoms with E-state index in [9.17, 15) is 12.8 Å². The molecule has 1 fully saturated rings. The summed E-state index contributed by atoms with van der Waals surface area (Å²) >= 11 is 0. The van der Waals surface area contributed by atoms with Gasteiger partial charge in [0, 0.05) is 36.1 Å². The first-order chi connectivity index (χ1) is 10.5. The van der Waals surface area contributed by atoms with Gasteiger partial charge in [0.15, 0.2) is 5.82 Å². The smallest absolute Gasteiger partial charge is 0.244 e. The molecule has 1 saturated heterocycles. The molecule has 0 bridgehead atoms. The molecule has 134 valence electrons. The average Bonchev–Trinajstić information content (AvgIpc) is 2.72. The molecule has 1 aromatic carbocycles. The van der Waals surface area contributed by atoms with Gasteiger partial charge in [0.1, 0.15) is 0 Å². The molecule has 1 aliphatic heterocycles. The number of fused-ring (bicyclic) bond motifs is 1. The molecule has 0 spiro atoms. The van der Waals surface area contributed by atoms with E-state index < -0.39 is 15.8 Å². The summed E-state index contributed by atoms with van der Waals surface area (Å²) in [4.78, 5) is 3.80. The predicted molar refractivity (Wildman–Crippen MR) is 96.5 cm³/mol. The number of nitrogens with zero attached hydrogens (tertiary/aromatic N) is 2. The summed E-state index contributed by atoms with van der Waals surface area (Å²) in [7, 11) is -3.76. The third-order valence-electron chi connectivity index (χ3n) is 3.95. The van der Waals surface area contributed by atoms with Crippen molar-refractivity contribution in [3.8, 4) is 0 Å². The van der Waals surface area contributed by atoms with Gasteiger partial charge in [-0.25, -0.2) is 12.8 Å². The van der Waals surface area contributed by atoms with Gasteiger partial charge in [-0.05, 0) is 26.0 Å². The lowest BCUT2D eigenvalue weighted by Gasteiger charge is -2.26. The minimum absolute atomic E-state index is 0. The second-order valence-corrected chi connectivity index (χ2v) is 7.36. The molecule has 5 nitrogen and oxygen atoms in total.